The molecule has 4 unspecified atom stereocenters. The second kappa shape index (κ2) is 12.9. The second-order valence-corrected chi connectivity index (χ2v) is 9.63. The largest absolute Gasteiger partial charge is 0.458 e. The fourth-order valence-corrected chi connectivity index (χ4v) is 4.17. The van der Waals surface area contributed by atoms with E-state index >= 15 is 0 Å². The minimum Gasteiger partial charge on any atom is -0.458 e. The van der Waals surface area contributed by atoms with Gasteiger partial charge in [0.15, 0.2) is 0 Å². The number of nitrogens with zero attached hydrogens (tertiary/aromatic N) is 1. The van der Waals surface area contributed by atoms with E-state index in [0.29, 0.717) is 25.9 Å². The first-order valence-corrected chi connectivity index (χ1v) is 11.7. The third-order valence-electron chi connectivity index (χ3n) is 5.64. The highest BCUT2D eigenvalue weighted by atomic mass is 19.1. The highest BCUT2D eigenvalue weighted by Gasteiger charge is 2.39. The molecule has 1 heterocycles. The van der Waals surface area contributed by atoms with E-state index in [1.807, 2.05) is 0 Å². The zero-order valence-electron chi connectivity index (χ0n) is 20.9. The number of hydrogen-bond acceptors (Lipinski definition) is 6. The van der Waals surface area contributed by atoms with E-state index in [1.165, 1.54) is 24.1 Å². The van der Waals surface area contributed by atoms with E-state index in [-0.39, 0.29) is 24.6 Å². The van der Waals surface area contributed by atoms with E-state index in [9.17, 15) is 14.0 Å². The van der Waals surface area contributed by atoms with Crippen LogP contribution < -0.4 is 0 Å². The molecule has 1 aliphatic rings. The van der Waals surface area contributed by atoms with Crippen molar-refractivity contribution in [2.24, 2.45) is 5.92 Å². The van der Waals surface area contributed by atoms with Crippen molar-refractivity contribution in [3.05, 3.63) is 48.3 Å². The van der Waals surface area contributed by atoms with Gasteiger partial charge in [0.05, 0.1) is 12.7 Å². The van der Waals surface area contributed by atoms with Crippen molar-refractivity contribution in [1.82, 2.24) is 4.90 Å². The molecule has 190 valence electrons. The number of esters is 1. The summed E-state index contributed by atoms with van der Waals surface area (Å²) in [6, 6.07) is 5.55. The zero-order valence-corrected chi connectivity index (χ0v) is 20.9. The summed E-state index contributed by atoms with van der Waals surface area (Å²) < 4.78 is 36.0. The Morgan fingerprint density at radius 2 is 1.94 bits per heavy atom. The van der Waals surface area contributed by atoms with Crippen LogP contribution in [0.2, 0.25) is 0 Å². The molecule has 1 aliphatic heterocycles. The second-order valence-electron chi connectivity index (χ2n) is 9.63. The van der Waals surface area contributed by atoms with Crippen LogP contribution >= 0.6 is 0 Å². The molecule has 0 aromatic heterocycles. The fourth-order valence-electron chi connectivity index (χ4n) is 4.17. The number of rotatable bonds is 8. The van der Waals surface area contributed by atoms with Crippen LogP contribution in [0.15, 0.2) is 36.9 Å². The lowest BCUT2D eigenvalue weighted by Crippen LogP contribution is -2.49. The van der Waals surface area contributed by atoms with Crippen LogP contribution in [0, 0.1) is 11.7 Å². The summed E-state index contributed by atoms with van der Waals surface area (Å²) in [6.07, 6.45) is 2.48. The monoisotopic (exact) mass is 479 g/mol. The van der Waals surface area contributed by atoms with Gasteiger partial charge in [-0.15, -0.1) is 6.58 Å². The van der Waals surface area contributed by atoms with Crippen LogP contribution in [0.25, 0.3) is 0 Å². The molecule has 0 spiro atoms. The van der Waals surface area contributed by atoms with Gasteiger partial charge in [-0.3, -0.25) is 4.90 Å². The molecule has 7 nitrogen and oxygen atoms in total. The van der Waals surface area contributed by atoms with Crippen molar-refractivity contribution >= 4 is 12.1 Å². The summed E-state index contributed by atoms with van der Waals surface area (Å²) in [6.45, 7) is 11.0. The van der Waals surface area contributed by atoms with Crippen molar-refractivity contribution in [2.45, 2.75) is 77.2 Å². The summed E-state index contributed by atoms with van der Waals surface area (Å²) in [4.78, 5) is 27.3. The van der Waals surface area contributed by atoms with Crippen molar-refractivity contribution in [2.75, 3.05) is 20.4 Å². The number of ether oxygens (including phenoxy) is 4. The Kier molecular flexibility index (Phi) is 10.5. The number of amides is 1. The molecule has 1 aromatic rings. The number of carbonyl (C=O) groups is 2. The summed E-state index contributed by atoms with van der Waals surface area (Å²) in [5.74, 6) is -0.794. The van der Waals surface area contributed by atoms with Crippen molar-refractivity contribution in [1.29, 1.82) is 0 Å². The van der Waals surface area contributed by atoms with Crippen LogP contribution in [0.4, 0.5) is 9.18 Å². The predicted octanol–water partition coefficient (Wildman–Crippen LogP) is 4.88. The molecule has 1 fully saturated rings. The molecule has 0 N–H and O–H groups in total. The minimum absolute atomic E-state index is 0.0179. The fraction of sp³-hybridized carbons (Fsp3) is 0.615. The molecular weight excluding hydrogens is 441 g/mol. The first kappa shape index (κ1) is 27.8. The predicted molar refractivity (Wildman–Crippen MR) is 127 cm³/mol. The smallest absolute Gasteiger partial charge is 0.412 e. The topological polar surface area (TPSA) is 74.3 Å². The lowest BCUT2D eigenvalue weighted by molar-refractivity contribution is -0.165. The maximum atomic E-state index is 13.4. The standard InChI is InChI=1S/C26H38FNO6/c1-7-15-32-23-18(2)33-24(29)22(28(17-31-6)25(30)34-26(3,4)5)10-8-9-20(23)16-19-11-13-21(27)14-12-19/h7,11-14,18,20,22-23H,1,8-10,15-17H2,2-6H3. The first-order valence-electron chi connectivity index (χ1n) is 11.7. The van der Waals surface area contributed by atoms with Crippen LogP contribution in [-0.4, -0.2) is 61.3 Å². The van der Waals surface area contributed by atoms with Gasteiger partial charge in [0, 0.05) is 7.11 Å². The highest BCUT2D eigenvalue weighted by Crippen LogP contribution is 2.29. The molecular formula is C26H38FNO6. The summed E-state index contributed by atoms with van der Waals surface area (Å²) in [5.41, 5.74) is 0.255. The molecule has 1 aromatic carbocycles. The zero-order chi connectivity index (χ0) is 25.3. The maximum absolute atomic E-state index is 13.4. The van der Waals surface area contributed by atoms with Gasteiger partial charge in [0.2, 0.25) is 0 Å². The van der Waals surface area contributed by atoms with Gasteiger partial charge in [0.1, 0.15) is 30.3 Å². The minimum atomic E-state index is -0.845. The number of carbonyl (C=O) groups excluding carboxylic acids is 2. The van der Waals surface area contributed by atoms with Gasteiger partial charge in [-0.2, -0.15) is 0 Å². The summed E-state index contributed by atoms with van der Waals surface area (Å²) in [5, 5.41) is 0. The van der Waals surface area contributed by atoms with Gasteiger partial charge >= 0.3 is 12.1 Å². The molecule has 0 radical (unpaired) electrons. The van der Waals surface area contributed by atoms with E-state index in [4.69, 9.17) is 18.9 Å². The lowest BCUT2D eigenvalue weighted by Gasteiger charge is -2.33. The molecule has 8 heteroatoms. The van der Waals surface area contributed by atoms with Crippen molar-refractivity contribution in [3.63, 3.8) is 0 Å². The molecule has 34 heavy (non-hydrogen) atoms. The quantitative estimate of drug-likeness (QED) is 0.301. The number of hydrogen-bond donors (Lipinski definition) is 0. The summed E-state index contributed by atoms with van der Waals surface area (Å²) >= 11 is 0. The Hall–Kier alpha value is -2.45. The number of benzene rings is 1. The van der Waals surface area contributed by atoms with Crippen LogP contribution in [-0.2, 0) is 30.2 Å². The van der Waals surface area contributed by atoms with Gasteiger partial charge in [-0.1, -0.05) is 24.6 Å². The Balaban J connectivity index is 2.28. The Bertz CT molecular complexity index is 807. The van der Waals surface area contributed by atoms with Gasteiger partial charge < -0.3 is 18.9 Å². The lowest BCUT2D eigenvalue weighted by atomic mass is 9.86. The molecule has 0 saturated carbocycles. The SMILES string of the molecule is C=CCOC1C(Cc2ccc(F)cc2)CCCC(N(COC)C(=O)OC(C)(C)C)C(=O)OC1C. The number of cyclic esters (lactones) is 1. The van der Waals surface area contributed by atoms with Crippen LogP contribution in [0.3, 0.4) is 0 Å². The highest BCUT2D eigenvalue weighted by molar-refractivity contribution is 5.81. The van der Waals surface area contributed by atoms with Crippen molar-refractivity contribution in [3.8, 4) is 0 Å². The third kappa shape index (κ3) is 8.40. The third-order valence-corrected chi connectivity index (χ3v) is 5.64. The molecule has 4 atom stereocenters. The van der Waals surface area contributed by atoms with Gasteiger partial charge in [0.25, 0.3) is 0 Å². The Labute approximate surface area is 202 Å². The van der Waals surface area contributed by atoms with Crippen LogP contribution in [0.1, 0.15) is 52.5 Å². The normalized spacial score (nSPS) is 23.8. The first-order chi connectivity index (χ1) is 16.1. The van der Waals surface area contributed by atoms with E-state index in [2.05, 4.69) is 6.58 Å². The molecule has 2 rings (SSSR count). The molecule has 0 aliphatic carbocycles. The molecule has 1 amide bonds. The maximum Gasteiger partial charge on any atom is 0.412 e. The summed E-state index contributed by atoms with van der Waals surface area (Å²) in [7, 11) is 1.46. The number of halogens is 1. The molecule has 0 bridgehead atoms. The van der Waals surface area contributed by atoms with E-state index in [1.54, 1.807) is 45.9 Å². The van der Waals surface area contributed by atoms with Crippen LogP contribution in [0.5, 0.6) is 0 Å². The van der Waals surface area contributed by atoms with Gasteiger partial charge in [-0.05, 0) is 70.6 Å². The number of methoxy groups -OCH3 is 1. The van der Waals surface area contributed by atoms with Gasteiger partial charge in [-0.25, -0.2) is 14.0 Å². The average molecular weight is 480 g/mol. The molecule has 1 saturated heterocycles. The van der Waals surface area contributed by atoms with E-state index in [0.717, 1.165) is 12.0 Å². The average Bonchev–Trinajstić information content (AvgIpc) is 2.80. The Morgan fingerprint density at radius 3 is 2.53 bits per heavy atom. The Morgan fingerprint density at radius 1 is 1.26 bits per heavy atom. The van der Waals surface area contributed by atoms with E-state index < -0.39 is 29.8 Å². The van der Waals surface area contributed by atoms with Crippen molar-refractivity contribution < 1.29 is 32.9 Å².